The predicted molar refractivity (Wildman–Crippen MR) is 111 cm³/mol. The fourth-order valence-corrected chi connectivity index (χ4v) is 3.89. The molecule has 158 valence electrons. The van der Waals surface area contributed by atoms with E-state index in [1.54, 1.807) is 11.0 Å². The second-order valence-corrected chi connectivity index (χ2v) is 7.98. The smallest absolute Gasteiger partial charge is 0.253 e. The van der Waals surface area contributed by atoms with Gasteiger partial charge in [-0.15, -0.1) is 0 Å². The molecule has 1 aromatic carbocycles. The highest BCUT2D eigenvalue weighted by molar-refractivity contribution is 6.32. The minimum Gasteiger partial charge on any atom is -0.473 e. The Kier molecular flexibility index (Phi) is 6.50. The van der Waals surface area contributed by atoms with Crippen LogP contribution in [0.1, 0.15) is 35.2 Å². The van der Waals surface area contributed by atoms with Crippen molar-refractivity contribution >= 4 is 23.4 Å². The van der Waals surface area contributed by atoms with Crippen molar-refractivity contribution in [3.8, 4) is 5.88 Å². The summed E-state index contributed by atoms with van der Waals surface area (Å²) in [5, 5.41) is 3.21. The summed E-state index contributed by atoms with van der Waals surface area (Å²) in [7, 11) is 0. The van der Waals surface area contributed by atoms with E-state index in [2.05, 4.69) is 10.3 Å². The highest BCUT2D eigenvalue weighted by Gasteiger charge is 2.31. The number of pyridine rings is 1. The van der Waals surface area contributed by atoms with Crippen molar-refractivity contribution in [1.29, 1.82) is 0 Å². The maximum Gasteiger partial charge on any atom is 0.253 e. The summed E-state index contributed by atoms with van der Waals surface area (Å²) in [5.74, 6) is 0.0482. The van der Waals surface area contributed by atoms with Gasteiger partial charge in [0.2, 0.25) is 11.8 Å². The molecule has 2 fully saturated rings. The summed E-state index contributed by atoms with van der Waals surface area (Å²) >= 11 is 6.28. The molecule has 30 heavy (non-hydrogen) atoms. The van der Waals surface area contributed by atoms with Crippen LogP contribution in [-0.2, 0) is 16.1 Å². The fraction of sp³-hybridized carbons (Fsp3) is 0.409. The monoisotopic (exact) mass is 429 g/mol. The Bertz CT molecular complexity index is 903. The minimum absolute atomic E-state index is 0.0172. The molecule has 0 radical (unpaired) electrons. The standard InChI is InChI=1S/C22H24ClN3O4/c23-19-10-16(12-24-22(19)30-18-6-8-29-9-7-18)21(28)25-17-11-20(27)26(14-17)13-15-4-2-1-3-5-15/h1-5,10,12,17-18H,6-9,11,13-14H2,(H,25,28). The van der Waals surface area contributed by atoms with E-state index in [0.717, 1.165) is 18.4 Å². The third-order valence-electron chi connectivity index (χ3n) is 5.28. The van der Waals surface area contributed by atoms with E-state index >= 15 is 0 Å². The van der Waals surface area contributed by atoms with Gasteiger partial charge >= 0.3 is 0 Å². The SMILES string of the molecule is O=C(NC1CC(=O)N(Cc2ccccc2)C1)c1cnc(OC2CCOCC2)c(Cl)c1. The van der Waals surface area contributed by atoms with Gasteiger partial charge < -0.3 is 19.7 Å². The molecule has 0 aliphatic carbocycles. The van der Waals surface area contributed by atoms with Crippen LogP contribution in [0.15, 0.2) is 42.6 Å². The highest BCUT2D eigenvalue weighted by Crippen LogP contribution is 2.26. The van der Waals surface area contributed by atoms with Crippen LogP contribution >= 0.6 is 11.6 Å². The van der Waals surface area contributed by atoms with Gasteiger partial charge in [0.15, 0.2) is 0 Å². The molecule has 2 aliphatic rings. The first-order chi connectivity index (χ1) is 14.6. The van der Waals surface area contributed by atoms with Crippen molar-refractivity contribution in [2.45, 2.75) is 38.0 Å². The van der Waals surface area contributed by atoms with Gasteiger partial charge in [0.25, 0.3) is 5.91 Å². The molecule has 2 aromatic rings. The summed E-state index contributed by atoms with van der Waals surface area (Å²) in [4.78, 5) is 30.9. The van der Waals surface area contributed by atoms with E-state index in [0.29, 0.717) is 42.8 Å². The summed E-state index contributed by atoms with van der Waals surface area (Å²) in [6.07, 6.45) is 3.33. The first-order valence-corrected chi connectivity index (χ1v) is 10.5. The fourth-order valence-electron chi connectivity index (χ4n) is 3.68. The molecule has 0 bridgehead atoms. The molecule has 1 aromatic heterocycles. The average Bonchev–Trinajstić information content (AvgIpc) is 3.09. The average molecular weight is 430 g/mol. The molecule has 0 spiro atoms. The number of carbonyl (C=O) groups is 2. The molecular formula is C22H24ClN3O4. The van der Waals surface area contributed by atoms with E-state index in [1.165, 1.54) is 6.20 Å². The zero-order chi connectivity index (χ0) is 20.9. The third-order valence-corrected chi connectivity index (χ3v) is 5.55. The molecule has 1 unspecified atom stereocenters. The number of likely N-dealkylation sites (tertiary alicyclic amines) is 1. The zero-order valence-corrected chi connectivity index (χ0v) is 17.3. The minimum atomic E-state index is -0.304. The van der Waals surface area contributed by atoms with Crippen molar-refractivity contribution < 1.29 is 19.1 Å². The number of ether oxygens (including phenoxy) is 2. The Labute approximate surface area is 180 Å². The van der Waals surface area contributed by atoms with Crippen LogP contribution in [-0.4, -0.2) is 53.6 Å². The van der Waals surface area contributed by atoms with E-state index in [9.17, 15) is 9.59 Å². The van der Waals surface area contributed by atoms with E-state index in [4.69, 9.17) is 21.1 Å². The summed E-state index contributed by atoms with van der Waals surface area (Å²) in [6.45, 7) is 2.33. The van der Waals surface area contributed by atoms with Crippen molar-refractivity contribution in [3.05, 3.63) is 58.7 Å². The molecule has 2 aliphatic heterocycles. The summed E-state index contributed by atoms with van der Waals surface area (Å²) < 4.78 is 11.1. The number of aromatic nitrogens is 1. The Morgan fingerprint density at radius 3 is 2.77 bits per heavy atom. The predicted octanol–water partition coefficient (Wildman–Crippen LogP) is 2.82. The van der Waals surface area contributed by atoms with Crippen LogP contribution in [0, 0.1) is 0 Å². The Morgan fingerprint density at radius 1 is 1.27 bits per heavy atom. The van der Waals surface area contributed by atoms with Gasteiger partial charge in [-0.25, -0.2) is 4.98 Å². The second-order valence-electron chi connectivity index (χ2n) is 7.57. The van der Waals surface area contributed by atoms with Crippen LogP contribution in [0.25, 0.3) is 0 Å². The molecule has 4 rings (SSSR count). The van der Waals surface area contributed by atoms with Gasteiger partial charge in [-0.05, 0) is 11.6 Å². The quantitative estimate of drug-likeness (QED) is 0.763. The van der Waals surface area contributed by atoms with Gasteiger partial charge in [-0.3, -0.25) is 9.59 Å². The molecule has 3 heterocycles. The largest absolute Gasteiger partial charge is 0.473 e. The van der Waals surface area contributed by atoms with E-state index in [1.807, 2.05) is 30.3 Å². The number of rotatable bonds is 6. The Morgan fingerprint density at radius 2 is 2.03 bits per heavy atom. The van der Waals surface area contributed by atoms with Crippen LogP contribution in [0.2, 0.25) is 5.02 Å². The van der Waals surface area contributed by atoms with Crippen LogP contribution < -0.4 is 10.1 Å². The van der Waals surface area contributed by atoms with Crippen molar-refractivity contribution in [2.24, 2.45) is 0 Å². The molecule has 2 saturated heterocycles. The summed E-state index contributed by atoms with van der Waals surface area (Å²) in [6, 6.07) is 11.1. The molecule has 1 N–H and O–H groups in total. The van der Waals surface area contributed by atoms with Crippen LogP contribution in [0.5, 0.6) is 5.88 Å². The number of carbonyl (C=O) groups excluding carboxylic acids is 2. The van der Waals surface area contributed by atoms with Crippen LogP contribution in [0.4, 0.5) is 0 Å². The molecular weight excluding hydrogens is 406 g/mol. The second kappa shape index (κ2) is 9.45. The number of nitrogens with one attached hydrogen (secondary N) is 1. The number of hydrogen-bond donors (Lipinski definition) is 1. The molecule has 2 amide bonds. The maximum absolute atomic E-state index is 12.6. The lowest BCUT2D eigenvalue weighted by Crippen LogP contribution is -2.37. The lowest BCUT2D eigenvalue weighted by Gasteiger charge is -2.23. The lowest BCUT2D eigenvalue weighted by molar-refractivity contribution is -0.128. The lowest BCUT2D eigenvalue weighted by atomic mass is 10.1. The van der Waals surface area contributed by atoms with Gasteiger partial charge in [0.1, 0.15) is 11.1 Å². The number of hydrogen-bond acceptors (Lipinski definition) is 5. The van der Waals surface area contributed by atoms with Gasteiger partial charge in [0, 0.05) is 38.5 Å². The first kappa shape index (κ1) is 20.6. The maximum atomic E-state index is 12.6. The molecule has 1 atom stereocenters. The topological polar surface area (TPSA) is 80.8 Å². The van der Waals surface area contributed by atoms with E-state index < -0.39 is 0 Å². The highest BCUT2D eigenvalue weighted by atomic mass is 35.5. The van der Waals surface area contributed by atoms with Crippen molar-refractivity contribution in [2.75, 3.05) is 19.8 Å². The Balaban J connectivity index is 1.33. The van der Waals surface area contributed by atoms with Crippen molar-refractivity contribution in [1.82, 2.24) is 15.2 Å². The molecule has 0 saturated carbocycles. The summed E-state index contributed by atoms with van der Waals surface area (Å²) in [5.41, 5.74) is 1.40. The molecule has 7 nitrogen and oxygen atoms in total. The first-order valence-electron chi connectivity index (χ1n) is 10.1. The van der Waals surface area contributed by atoms with E-state index in [-0.39, 0.29) is 30.4 Å². The number of benzene rings is 1. The van der Waals surface area contributed by atoms with Crippen molar-refractivity contribution in [3.63, 3.8) is 0 Å². The number of amides is 2. The number of nitrogens with zero attached hydrogens (tertiary/aromatic N) is 2. The Hall–Kier alpha value is -2.64. The third kappa shape index (κ3) is 5.09. The number of halogens is 1. The van der Waals surface area contributed by atoms with Gasteiger partial charge in [-0.1, -0.05) is 41.9 Å². The van der Waals surface area contributed by atoms with Crippen LogP contribution in [0.3, 0.4) is 0 Å². The van der Waals surface area contributed by atoms with Gasteiger partial charge in [-0.2, -0.15) is 0 Å². The van der Waals surface area contributed by atoms with Gasteiger partial charge in [0.05, 0.1) is 24.8 Å². The normalized spacial score (nSPS) is 19.7. The zero-order valence-electron chi connectivity index (χ0n) is 16.6. The molecule has 8 heteroatoms.